The molecule has 1 aliphatic heterocycles. The predicted molar refractivity (Wildman–Crippen MR) is 101 cm³/mol. The Morgan fingerprint density at radius 2 is 2.00 bits per heavy atom. The zero-order chi connectivity index (χ0) is 17.4. The first kappa shape index (κ1) is 16.3. The second-order valence-electron chi connectivity index (χ2n) is 7.37. The normalized spacial score (nSPS) is 18.8. The highest BCUT2D eigenvalue weighted by Gasteiger charge is 2.23. The maximum atomic E-state index is 4.73. The van der Waals surface area contributed by atoms with Crippen molar-refractivity contribution >= 4 is 5.65 Å². The Morgan fingerprint density at radius 1 is 1.16 bits per heavy atom. The maximum Gasteiger partial charge on any atom is 0.159 e. The van der Waals surface area contributed by atoms with Crippen molar-refractivity contribution in [3.63, 3.8) is 0 Å². The maximum absolute atomic E-state index is 4.73. The van der Waals surface area contributed by atoms with E-state index in [0.717, 1.165) is 36.7 Å². The largest absolute Gasteiger partial charge is 0.298 e. The fraction of sp³-hybridized carbons (Fsp3) is 0.429. The summed E-state index contributed by atoms with van der Waals surface area (Å²) in [4.78, 5) is 7.29. The molecule has 4 rings (SSSR count). The number of piperidine rings is 1. The molecule has 25 heavy (non-hydrogen) atoms. The summed E-state index contributed by atoms with van der Waals surface area (Å²) in [6.07, 6.45) is 4.53. The van der Waals surface area contributed by atoms with Crippen LogP contribution in [0, 0.1) is 20.8 Å². The van der Waals surface area contributed by atoms with E-state index in [0.29, 0.717) is 5.92 Å². The van der Waals surface area contributed by atoms with Crippen molar-refractivity contribution in [1.82, 2.24) is 19.5 Å². The molecule has 4 nitrogen and oxygen atoms in total. The number of hydrogen-bond acceptors (Lipinski definition) is 3. The average molecular weight is 334 g/mol. The number of aromatic nitrogens is 3. The second kappa shape index (κ2) is 6.60. The van der Waals surface area contributed by atoms with Gasteiger partial charge in [-0.3, -0.25) is 4.90 Å². The molecule has 3 heterocycles. The smallest absolute Gasteiger partial charge is 0.159 e. The van der Waals surface area contributed by atoms with Gasteiger partial charge in [-0.2, -0.15) is 5.10 Å². The highest BCUT2D eigenvalue weighted by molar-refractivity contribution is 5.48. The van der Waals surface area contributed by atoms with Gasteiger partial charge in [0.05, 0.1) is 6.20 Å². The lowest BCUT2D eigenvalue weighted by Crippen LogP contribution is -2.34. The fourth-order valence-corrected chi connectivity index (χ4v) is 4.17. The molecule has 0 saturated carbocycles. The molecule has 1 fully saturated rings. The molecular weight excluding hydrogens is 308 g/mol. The highest BCUT2D eigenvalue weighted by atomic mass is 15.3. The molecule has 3 aromatic rings. The topological polar surface area (TPSA) is 33.4 Å². The second-order valence-corrected chi connectivity index (χ2v) is 7.37. The van der Waals surface area contributed by atoms with Gasteiger partial charge in [0.1, 0.15) is 0 Å². The monoisotopic (exact) mass is 334 g/mol. The zero-order valence-electron chi connectivity index (χ0n) is 15.4. The summed E-state index contributed by atoms with van der Waals surface area (Å²) in [7, 11) is 0. The Hall–Kier alpha value is -2.20. The Balaban J connectivity index is 1.56. The van der Waals surface area contributed by atoms with Crippen molar-refractivity contribution in [1.29, 1.82) is 0 Å². The van der Waals surface area contributed by atoms with Crippen LogP contribution in [0.2, 0.25) is 0 Å². The number of rotatable bonds is 3. The Morgan fingerprint density at radius 3 is 2.84 bits per heavy atom. The van der Waals surface area contributed by atoms with Gasteiger partial charge in [-0.15, -0.1) is 0 Å². The van der Waals surface area contributed by atoms with Crippen molar-refractivity contribution in [3.8, 4) is 0 Å². The Labute approximate surface area is 149 Å². The lowest BCUT2D eigenvalue weighted by atomic mass is 9.88. The predicted octanol–water partition coefficient (Wildman–Crippen LogP) is 4.03. The number of aryl methyl sites for hydroxylation is 3. The molecular formula is C21H26N4. The molecule has 1 unspecified atom stereocenters. The molecule has 0 aliphatic carbocycles. The SMILES string of the molecule is Cc1cc(C)n2ncc(CN3CCCC(c4ccccc4C)C3)c2n1. The van der Waals surface area contributed by atoms with Crippen LogP contribution in [0.5, 0.6) is 0 Å². The van der Waals surface area contributed by atoms with Crippen LogP contribution in [0.25, 0.3) is 5.65 Å². The minimum atomic E-state index is 0.633. The molecule has 0 spiro atoms. The molecule has 130 valence electrons. The molecule has 0 N–H and O–H groups in total. The van der Waals surface area contributed by atoms with Crippen LogP contribution in [-0.2, 0) is 6.54 Å². The molecule has 0 bridgehead atoms. The standard InChI is InChI=1S/C21H26N4/c1-15-7-4-5-9-20(15)18-8-6-10-24(13-18)14-19-12-22-25-17(3)11-16(2)23-21(19)25/h4-5,7,9,11-12,18H,6,8,10,13-14H2,1-3H3. The molecule has 2 aromatic heterocycles. The van der Waals surface area contributed by atoms with E-state index in [9.17, 15) is 0 Å². The van der Waals surface area contributed by atoms with Gasteiger partial charge < -0.3 is 0 Å². The van der Waals surface area contributed by atoms with Crippen LogP contribution in [0.3, 0.4) is 0 Å². The van der Waals surface area contributed by atoms with E-state index in [1.807, 2.05) is 10.7 Å². The first-order chi connectivity index (χ1) is 12.1. The molecule has 1 aromatic carbocycles. The van der Waals surface area contributed by atoms with Gasteiger partial charge in [0, 0.05) is 30.0 Å². The molecule has 4 heteroatoms. The van der Waals surface area contributed by atoms with E-state index in [1.165, 1.54) is 29.5 Å². The van der Waals surface area contributed by atoms with Crippen LogP contribution in [-0.4, -0.2) is 32.6 Å². The summed E-state index contributed by atoms with van der Waals surface area (Å²) in [6.45, 7) is 9.58. The summed E-state index contributed by atoms with van der Waals surface area (Å²) in [5.74, 6) is 0.633. The van der Waals surface area contributed by atoms with E-state index >= 15 is 0 Å². The van der Waals surface area contributed by atoms with Crippen molar-refractivity contribution < 1.29 is 0 Å². The van der Waals surface area contributed by atoms with Crippen molar-refractivity contribution in [2.45, 2.75) is 46.1 Å². The van der Waals surface area contributed by atoms with E-state index < -0.39 is 0 Å². The fourth-order valence-electron chi connectivity index (χ4n) is 4.17. The number of hydrogen-bond donors (Lipinski definition) is 0. The van der Waals surface area contributed by atoms with Gasteiger partial charge in [-0.05, 0) is 63.3 Å². The first-order valence-electron chi connectivity index (χ1n) is 9.20. The van der Waals surface area contributed by atoms with E-state index in [4.69, 9.17) is 4.98 Å². The lowest BCUT2D eigenvalue weighted by molar-refractivity contribution is 0.200. The zero-order valence-corrected chi connectivity index (χ0v) is 15.4. The first-order valence-corrected chi connectivity index (χ1v) is 9.20. The lowest BCUT2D eigenvalue weighted by Gasteiger charge is -2.33. The van der Waals surface area contributed by atoms with Gasteiger partial charge in [0.25, 0.3) is 0 Å². The van der Waals surface area contributed by atoms with Crippen LogP contribution in [0.4, 0.5) is 0 Å². The van der Waals surface area contributed by atoms with E-state index in [1.54, 1.807) is 0 Å². The van der Waals surface area contributed by atoms with Gasteiger partial charge >= 0.3 is 0 Å². The summed E-state index contributed by atoms with van der Waals surface area (Å²) >= 11 is 0. The molecule has 1 atom stereocenters. The third kappa shape index (κ3) is 3.19. The van der Waals surface area contributed by atoms with Gasteiger partial charge in [-0.25, -0.2) is 9.50 Å². The van der Waals surface area contributed by atoms with Crippen LogP contribution in [0.1, 0.15) is 46.8 Å². The van der Waals surface area contributed by atoms with E-state index in [2.05, 4.69) is 61.1 Å². The van der Waals surface area contributed by atoms with Crippen molar-refractivity contribution in [2.24, 2.45) is 0 Å². The van der Waals surface area contributed by atoms with Crippen molar-refractivity contribution in [3.05, 3.63) is 64.6 Å². The van der Waals surface area contributed by atoms with Gasteiger partial charge in [0.2, 0.25) is 0 Å². The number of likely N-dealkylation sites (tertiary alicyclic amines) is 1. The number of nitrogens with zero attached hydrogens (tertiary/aromatic N) is 4. The summed E-state index contributed by atoms with van der Waals surface area (Å²) < 4.78 is 1.96. The van der Waals surface area contributed by atoms with Gasteiger partial charge in [-0.1, -0.05) is 24.3 Å². The average Bonchev–Trinajstić information content (AvgIpc) is 2.99. The quantitative estimate of drug-likeness (QED) is 0.725. The van der Waals surface area contributed by atoms with Crippen LogP contribution < -0.4 is 0 Å². The molecule has 0 amide bonds. The third-order valence-corrected chi connectivity index (χ3v) is 5.38. The van der Waals surface area contributed by atoms with E-state index in [-0.39, 0.29) is 0 Å². The van der Waals surface area contributed by atoms with Gasteiger partial charge in [0.15, 0.2) is 5.65 Å². The molecule has 1 saturated heterocycles. The minimum Gasteiger partial charge on any atom is -0.298 e. The number of benzene rings is 1. The third-order valence-electron chi connectivity index (χ3n) is 5.38. The van der Waals surface area contributed by atoms with Crippen molar-refractivity contribution in [2.75, 3.05) is 13.1 Å². The van der Waals surface area contributed by atoms with Crippen LogP contribution >= 0.6 is 0 Å². The van der Waals surface area contributed by atoms with Crippen LogP contribution in [0.15, 0.2) is 36.5 Å². The minimum absolute atomic E-state index is 0.633. The molecule has 0 radical (unpaired) electrons. The summed E-state index contributed by atoms with van der Waals surface area (Å²) in [6, 6.07) is 10.9. The summed E-state index contributed by atoms with van der Waals surface area (Å²) in [5, 5.41) is 4.54. The Bertz CT molecular complexity index is 896. The Kier molecular flexibility index (Phi) is 4.30. The highest BCUT2D eigenvalue weighted by Crippen LogP contribution is 2.30. The summed E-state index contributed by atoms with van der Waals surface area (Å²) in [5.41, 5.74) is 7.37. The number of fused-ring (bicyclic) bond motifs is 1. The molecule has 1 aliphatic rings.